The van der Waals surface area contributed by atoms with E-state index < -0.39 is 0 Å². The molecule has 0 fully saturated rings. The highest BCUT2D eigenvalue weighted by Gasteiger charge is 2.21. The minimum absolute atomic E-state index is 0.0112. The zero-order chi connectivity index (χ0) is 12.2. The van der Waals surface area contributed by atoms with Crippen LogP contribution in [-0.2, 0) is 0 Å². The second kappa shape index (κ2) is 6.15. The molecule has 1 aromatic rings. The summed E-state index contributed by atoms with van der Waals surface area (Å²) in [5, 5.41) is 12.8. The summed E-state index contributed by atoms with van der Waals surface area (Å²) >= 11 is 5.22. The number of hydrogen-bond donors (Lipinski definition) is 2. The number of nitrogens with one attached hydrogen (secondary N) is 1. The van der Waals surface area contributed by atoms with Crippen molar-refractivity contribution in [2.45, 2.75) is 33.2 Å². The van der Waals surface area contributed by atoms with Crippen LogP contribution in [-0.4, -0.2) is 18.3 Å². The van der Waals surface area contributed by atoms with Crippen LogP contribution in [0.25, 0.3) is 0 Å². The SMILES string of the molecule is CCC(C)(CO)CNC(C)c1ccc(Br)s1. The van der Waals surface area contributed by atoms with Crippen LogP contribution in [0.1, 0.15) is 38.1 Å². The Bertz CT molecular complexity index is 323. The Kier molecular flexibility index (Phi) is 5.44. The van der Waals surface area contributed by atoms with Crippen LogP contribution < -0.4 is 5.32 Å². The maximum atomic E-state index is 9.33. The summed E-state index contributed by atoms with van der Waals surface area (Å²) in [5.41, 5.74) is -0.0112. The van der Waals surface area contributed by atoms with Crippen molar-refractivity contribution >= 4 is 27.3 Å². The Morgan fingerprint density at radius 3 is 2.69 bits per heavy atom. The van der Waals surface area contributed by atoms with Gasteiger partial charge in [0.2, 0.25) is 0 Å². The van der Waals surface area contributed by atoms with Crippen LogP contribution in [0.5, 0.6) is 0 Å². The molecule has 92 valence electrons. The molecule has 0 amide bonds. The molecule has 0 spiro atoms. The predicted molar refractivity (Wildman–Crippen MR) is 73.9 cm³/mol. The van der Waals surface area contributed by atoms with E-state index >= 15 is 0 Å². The average Bonchev–Trinajstić information content (AvgIpc) is 2.72. The Hall–Kier alpha value is 0.1000. The first-order valence-electron chi connectivity index (χ1n) is 5.60. The van der Waals surface area contributed by atoms with Crippen molar-refractivity contribution in [1.82, 2.24) is 5.32 Å². The molecule has 4 heteroatoms. The fraction of sp³-hybridized carbons (Fsp3) is 0.667. The van der Waals surface area contributed by atoms with Crippen LogP contribution in [0.3, 0.4) is 0 Å². The molecule has 1 heterocycles. The molecule has 2 nitrogen and oxygen atoms in total. The third-order valence-corrected chi connectivity index (χ3v) is 4.90. The van der Waals surface area contributed by atoms with Crippen molar-refractivity contribution in [3.63, 3.8) is 0 Å². The lowest BCUT2D eigenvalue weighted by molar-refractivity contribution is 0.132. The number of aliphatic hydroxyl groups is 1. The zero-order valence-corrected chi connectivity index (χ0v) is 12.5. The summed E-state index contributed by atoms with van der Waals surface area (Å²) in [4.78, 5) is 1.32. The van der Waals surface area contributed by atoms with Crippen LogP contribution in [0, 0.1) is 5.41 Å². The lowest BCUT2D eigenvalue weighted by Gasteiger charge is -2.27. The van der Waals surface area contributed by atoms with Crippen molar-refractivity contribution in [1.29, 1.82) is 0 Å². The molecule has 2 atom stereocenters. The van der Waals surface area contributed by atoms with Crippen LogP contribution in [0.2, 0.25) is 0 Å². The van der Waals surface area contributed by atoms with Crippen LogP contribution >= 0.6 is 27.3 Å². The number of halogens is 1. The highest BCUT2D eigenvalue weighted by atomic mass is 79.9. The Morgan fingerprint density at radius 1 is 1.56 bits per heavy atom. The monoisotopic (exact) mass is 305 g/mol. The van der Waals surface area contributed by atoms with E-state index in [-0.39, 0.29) is 12.0 Å². The predicted octanol–water partition coefficient (Wildman–Crippen LogP) is 3.57. The van der Waals surface area contributed by atoms with E-state index in [1.165, 1.54) is 4.88 Å². The topological polar surface area (TPSA) is 32.3 Å². The average molecular weight is 306 g/mol. The Balaban J connectivity index is 2.49. The molecular weight excluding hydrogens is 286 g/mol. The molecule has 2 unspecified atom stereocenters. The fourth-order valence-corrected chi connectivity index (χ4v) is 2.80. The normalized spacial score (nSPS) is 17.1. The third kappa shape index (κ3) is 3.84. The summed E-state index contributed by atoms with van der Waals surface area (Å²) in [6.45, 7) is 7.46. The molecule has 16 heavy (non-hydrogen) atoms. The smallest absolute Gasteiger partial charge is 0.0701 e. The number of aliphatic hydroxyl groups excluding tert-OH is 1. The summed E-state index contributed by atoms with van der Waals surface area (Å²) in [6.07, 6.45) is 0.983. The van der Waals surface area contributed by atoms with Gasteiger partial charge in [0.25, 0.3) is 0 Å². The molecule has 0 bridgehead atoms. The molecule has 0 aliphatic carbocycles. The summed E-state index contributed by atoms with van der Waals surface area (Å²) in [7, 11) is 0. The highest BCUT2D eigenvalue weighted by Crippen LogP contribution is 2.28. The molecule has 0 saturated heterocycles. The van der Waals surface area contributed by atoms with E-state index in [4.69, 9.17) is 0 Å². The van der Waals surface area contributed by atoms with E-state index in [1.807, 2.05) is 0 Å². The second-order valence-electron chi connectivity index (χ2n) is 4.57. The summed E-state index contributed by atoms with van der Waals surface area (Å²) in [6, 6.07) is 4.55. The van der Waals surface area contributed by atoms with Gasteiger partial charge in [0.05, 0.1) is 3.79 Å². The minimum atomic E-state index is -0.0112. The van der Waals surface area contributed by atoms with Crippen molar-refractivity contribution in [2.24, 2.45) is 5.41 Å². The van der Waals surface area contributed by atoms with E-state index in [2.05, 4.69) is 54.2 Å². The van der Waals surface area contributed by atoms with E-state index in [0.29, 0.717) is 6.04 Å². The van der Waals surface area contributed by atoms with Crippen molar-refractivity contribution in [3.8, 4) is 0 Å². The first-order chi connectivity index (χ1) is 7.50. The summed E-state index contributed by atoms with van der Waals surface area (Å²) < 4.78 is 1.16. The Labute approximate surface area is 110 Å². The van der Waals surface area contributed by atoms with E-state index in [1.54, 1.807) is 11.3 Å². The van der Waals surface area contributed by atoms with Gasteiger partial charge in [0.15, 0.2) is 0 Å². The van der Waals surface area contributed by atoms with Crippen LogP contribution in [0.15, 0.2) is 15.9 Å². The molecule has 2 N–H and O–H groups in total. The van der Waals surface area contributed by atoms with E-state index in [0.717, 1.165) is 16.8 Å². The number of hydrogen-bond acceptors (Lipinski definition) is 3. The molecule has 0 aliphatic rings. The van der Waals surface area contributed by atoms with Gasteiger partial charge in [-0.1, -0.05) is 13.8 Å². The lowest BCUT2D eigenvalue weighted by Crippen LogP contribution is -2.35. The number of rotatable bonds is 6. The fourth-order valence-electron chi connectivity index (χ4n) is 1.35. The van der Waals surface area contributed by atoms with Crippen molar-refractivity contribution in [3.05, 3.63) is 20.8 Å². The standard InChI is InChI=1S/C12H20BrNOS/c1-4-12(3,8-15)7-14-9(2)10-5-6-11(13)16-10/h5-6,9,14-15H,4,7-8H2,1-3H3. The van der Waals surface area contributed by atoms with Gasteiger partial charge in [-0.15, -0.1) is 11.3 Å². The van der Waals surface area contributed by atoms with Gasteiger partial charge in [0.1, 0.15) is 0 Å². The largest absolute Gasteiger partial charge is 0.396 e. The molecule has 1 aromatic heterocycles. The van der Waals surface area contributed by atoms with Gasteiger partial charge >= 0.3 is 0 Å². The molecule has 1 rings (SSSR count). The van der Waals surface area contributed by atoms with E-state index in [9.17, 15) is 5.11 Å². The number of thiophene rings is 1. The molecule has 0 aromatic carbocycles. The van der Waals surface area contributed by atoms with Crippen molar-refractivity contribution in [2.75, 3.05) is 13.2 Å². The van der Waals surface area contributed by atoms with Gasteiger partial charge in [-0.05, 0) is 41.4 Å². The highest BCUT2D eigenvalue weighted by molar-refractivity contribution is 9.11. The second-order valence-corrected chi connectivity index (χ2v) is 7.06. The maximum absolute atomic E-state index is 9.33. The van der Waals surface area contributed by atoms with Gasteiger partial charge in [-0.25, -0.2) is 0 Å². The lowest BCUT2D eigenvalue weighted by atomic mass is 9.88. The summed E-state index contributed by atoms with van der Waals surface area (Å²) in [5.74, 6) is 0. The van der Waals surface area contributed by atoms with Gasteiger partial charge in [0, 0.05) is 29.5 Å². The third-order valence-electron chi connectivity index (χ3n) is 3.09. The quantitative estimate of drug-likeness (QED) is 0.842. The van der Waals surface area contributed by atoms with Gasteiger partial charge < -0.3 is 10.4 Å². The molecule has 0 saturated carbocycles. The maximum Gasteiger partial charge on any atom is 0.0701 e. The first-order valence-corrected chi connectivity index (χ1v) is 7.21. The zero-order valence-electron chi connectivity index (χ0n) is 10.1. The molecule has 0 radical (unpaired) electrons. The van der Waals surface area contributed by atoms with Gasteiger partial charge in [-0.3, -0.25) is 0 Å². The Morgan fingerprint density at radius 2 is 2.25 bits per heavy atom. The molecule has 0 aliphatic heterocycles. The van der Waals surface area contributed by atoms with Gasteiger partial charge in [-0.2, -0.15) is 0 Å². The van der Waals surface area contributed by atoms with Crippen molar-refractivity contribution < 1.29 is 5.11 Å². The first kappa shape index (κ1) is 14.2. The molecular formula is C12H20BrNOS. The van der Waals surface area contributed by atoms with Crippen LogP contribution in [0.4, 0.5) is 0 Å². The minimum Gasteiger partial charge on any atom is -0.396 e.